The zero-order valence-electron chi connectivity index (χ0n) is 7.70. The first-order valence-corrected chi connectivity index (χ1v) is 5.20. The highest BCUT2D eigenvalue weighted by molar-refractivity contribution is 5.15. The molecule has 3 rings (SSSR count). The summed E-state index contributed by atoms with van der Waals surface area (Å²) in [6.45, 7) is 1.19. The summed E-state index contributed by atoms with van der Waals surface area (Å²) in [6, 6.07) is 4.93. The van der Waals surface area contributed by atoms with Crippen LogP contribution in [0.1, 0.15) is 30.9 Å². The Kier molecular flexibility index (Phi) is 1.69. The zero-order valence-corrected chi connectivity index (χ0v) is 7.70. The van der Waals surface area contributed by atoms with Gasteiger partial charge >= 0.3 is 0 Å². The fourth-order valence-electron chi connectivity index (χ4n) is 1.93. The van der Waals surface area contributed by atoms with Crippen molar-refractivity contribution >= 4 is 0 Å². The number of nitrogens with one attached hydrogen (secondary N) is 1. The number of rotatable bonds is 4. The molecular formula is C11H15NO. The van der Waals surface area contributed by atoms with Gasteiger partial charge in [0.05, 0.1) is 6.26 Å². The van der Waals surface area contributed by atoms with Crippen LogP contribution in [-0.2, 0) is 0 Å². The fraction of sp³-hybridized carbons (Fsp3) is 0.636. The van der Waals surface area contributed by atoms with Gasteiger partial charge < -0.3 is 9.73 Å². The first kappa shape index (κ1) is 7.63. The van der Waals surface area contributed by atoms with E-state index >= 15 is 0 Å². The van der Waals surface area contributed by atoms with Gasteiger partial charge in [0.15, 0.2) is 0 Å². The lowest BCUT2D eigenvalue weighted by Crippen LogP contribution is -2.19. The Balaban J connectivity index is 1.49. The molecule has 70 valence electrons. The smallest absolute Gasteiger partial charge is 0.107 e. The minimum Gasteiger partial charge on any atom is -0.469 e. The third-order valence-electron chi connectivity index (χ3n) is 3.08. The Hall–Kier alpha value is -0.760. The molecule has 2 saturated carbocycles. The molecule has 1 heterocycles. The topological polar surface area (TPSA) is 25.2 Å². The van der Waals surface area contributed by atoms with E-state index in [1.807, 2.05) is 6.07 Å². The summed E-state index contributed by atoms with van der Waals surface area (Å²) in [5.74, 6) is 2.73. The molecule has 0 saturated heterocycles. The summed E-state index contributed by atoms with van der Waals surface area (Å²) in [7, 11) is 0. The molecule has 2 atom stereocenters. The molecular weight excluding hydrogens is 162 g/mol. The Morgan fingerprint density at radius 2 is 2.38 bits per heavy atom. The highest BCUT2D eigenvalue weighted by Gasteiger charge is 2.40. The van der Waals surface area contributed by atoms with Crippen LogP contribution >= 0.6 is 0 Å². The highest BCUT2D eigenvalue weighted by atomic mass is 16.3. The van der Waals surface area contributed by atoms with Crippen LogP contribution in [0.25, 0.3) is 0 Å². The first-order valence-electron chi connectivity index (χ1n) is 5.20. The molecule has 1 N–H and O–H groups in total. The maximum Gasteiger partial charge on any atom is 0.107 e. The van der Waals surface area contributed by atoms with Crippen LogP contribution < -0.4 is 5.32 Å². The van der Waals surface area contributed by atoms with Crippen molar-refractivity contribution in [1.82, 2.24) is 5.32 Å². The van der Waals surface area contributed by atoms with Crippen LogP contribution in [0.5, 0.6) is 0 Å². The second kappa shape index (κ2) is 2.88. The third-order valence-corrected chi connectivity index (χ3v) is 3.08. The van der Waals surface area contributed by atoms with Gasteiger partial charge in [-0.25, -0.2) is 0 Å². The lowest BCUT2D eigenvalue weighted by molar-refractivity contribution is 0.497. The van der Waals surface area contributed by atoms with Crippen LogP contribution in [-0.4, -0.2) is 12.6 Å². The SMILES string of the molecule is c1coc(C2CC2CNC2CC2)c1. The molecule has 0 aliphatic heterocycles. The molecule has 2 fully saturated rings. The maximum absolute atomic E-state index is 5.38. The number of furan rings is 1. The Bertz CT molecular complexity index is 276. The van der Waals surface area contributed by atoms with Crippen LogP contribution in [0.3, 0.4) is 0 Å². The third kappa shape index (κ3) is 1.63. The predicted octanol–water partition coefficient (Wildman–Crippen LogP) is 2.14. The van der Waals surface area contributed by atoms with E-state index in [0.717, 1.165) is 12.0 Å². The van der Waals surface area contributed by atoms with Gasteiger partial charge in [-0.1, -0.05) is 0 Å². The predicted molar refractivity (Wildman–Crippen MR) is 50.6 cm³/mol. The van der Waals surface area contributed by atoms with Crippen molar-refractivity contribution < 1.29 is 4.42 Å². The van der Waals surface area contributed by atoms with E-state index in [-0.39, 0.29) is 0 Å². The molecule has 0 amide bonds. The number of hydrogen-bond donors (Lipinski definition) is 1. The van der Waals surface area contributed by atoms with Crippen molar-refractivity contribution in [2.24, 2.45) is 5.92 Å². The van der Waals surface area contributed by atoms with E-state index < -0.39 is 0 Å². The van der Waals surface area contributed by atoms with Crippen LogP contribution in [0.2, 0.25) is 0 Å². The Morgan fingerprint density at radius 3 is 3.08 bits per heavy atom. The molecule has 2 aliphatic rings. The molecule has 0 bridgehead atoms. The maximum atomic E-state index is 5.38. The van der Waals surface area contributed by atoms with Crippen molar-refractivity contribution in [2.75, 3.05) is 6.54 Å². The summed E-state index contributed by atoms with van der Waals surface area (Å²) in [5.41, 5.74) is 0. The molecule has 0 radical (unpaired) electrons. The zero-order chi connectivity index (χ0) is 8.67. The van der Waals surface area contributed by atoms with E-state index in [0.29, 0.717) is 5.92 Å². The van der Waals surface area contributed by atoms with Crippen LogP contribution in [0.4, 0.5) is 0 Å². The van der Waals surface area contributed by atoms with Gasteiger partial charge in [0.2, 0.25) is 0 Å². The summed E-state index contributed by atoms with van der Waals surface area (Å²) in [6.07, 6.45) is 5.86. The molecule has 1 aromatic heterocycles. The summed E-state index contributed by atoms with van der Waals surface area (Å²) in [5, 5.41) is 3.57. The van der Waals surface area contributed by atoms with Gasteiger partial charge in [-0.15, -0.1) is 0 Å². The first-order chi connectivity index (χ1) is 6.43. The molecule has 13 heavy (non-hydrogen) atoms. The second-order valence-corrected chi connectivity index (χ2v) is 4.30. The molecule has 2 unspecified atom stereocenters. The van der Waals surface area contributed by atoms with Crippen molar-refractivity contribution in [2.45, 2.75) is 31.2 Å². The van der Waals surface area contributed by atoms with Crippen molar-refractivity contribution in [1.29, 1.82) is 0 Å². The van der Waals surface area contributed by atoms with Gasteiger partial charge in [-0.3, -0.25) is 0 Å². The molecule has 2 heteroatoms. The minimum absolute atomic E-state index is 0.709. The molecule has 1 aromatic rings. The van der Waals surface area contributed by atoms with Gasteiger partial charge in [-0.2, -0.15) is 0 Å². The standard InChI is InChI=1S/C11H15NO/c1-2-11(13-5-1)10-6-8(10)7-12-9-3-4-9/h1-2,5,8-10,12H,3-4,6-7H2. The van der Waals surface area contributed by atoms with Gasteiger partial charge in [0.1, 0.15) is 5.76 Å². The average Bonchev–Trinajstić information content (AvgIpc) is 3.04. The van der Waals surface area contributed by atoms with Crippen molar-refractivity contribution in [3.8, 4) is 0 Å². The van der Waals surface area contributed by atoms with E-state index in [2.05, 4.69) is 11.4 Å². The molecule has 2 nitrogen and oxygen atoms in total. The summed E-state index contributed by atoms with van der Waals surface area (Å²) < 4.78 is 5.38. The molecule has 0 aromatic carbocycles. The quantitative estimate of drug-likeness (QED) is 0.762. The number of hydrogen-bond acceptors (Lipinski definition) is 2. The van der Waals surface area contributed by atoms with Crippen molar-refractivity contribution in [3.05, 3.63) is 24.2 Å². The van der Waals surface area contributed by atoms with E-state index in [1.165, 1.54) is 31.6 Å². The fourth-order valence-corrected chi connectivity index (χ4v) is 1.93. The van der Waals surface area contributed by atoms with E-state index in [4.69, 9.17) is 4.42 Å². The Labute approximate surface area is 78.3 Å². The monoisotopic (exact) mass is 177 g/mol. The van der Waals surface area contributed by atoms with E-state index in [9.17, 15) is 0 Å². The lowest BCUT2D eigenvalue weighted by atomic mass is 10.2. The van der Waals surface area contributed by atoms with E-state index in [1.54, 1.807) is 6.26 Å². The van der Waals surface area contributed by atoms with Crippen LogP contribution in [0, 0.1) is 5.92 Å². The molecule has 0 spiro atoms. The van der Waals surface area contributed by atoms with Crippen LogP contribution in [0.15, 0.2) is 22.8 Å². The van der Waals surface area contributed by atoms with Gasteiger partial charge in [-0.05, 0) is 43.9 Å². The summed E-state index contributed by atoms with van der Waals surface area (Å²) in [4.78, 5) is 0. The van der Waals surface area contributed by atoms with Gasteiger partial charge in [0, 0.05) is 12.0 Å². The van der Waals surface area contributed by atoms with Gasteiger partial charge in [0.25, 0.3) is 0 Å². The highest BCUT2D eigenvalue weighted by Crippen LogP contribution is 2.47. The lowest BCUT2D eigenvalue weighted by Gasteiger charge is -1.99. The summed E-state index contributed by atoms with van der Waals surface area (Å²) >= 11 is 0. The average molecular weight is 177 g/mol. The minimum atomic E-state index is 0.709. The Morgan fingerprint density at radius 1 is 1.46 bits per heavy atom. The molecule has 2 aliphatic carbocycles. The largest absolute Gasteiger partial charge is 0.469 e. The van der Waals surface area contributed by atoms with Crippen molar-refractivity contribution in [3.63, 3.8) is 0 Å². The second-order valence-electron chi connectivity index (χ2n) is 4.30. The normalized spacial score (nSPS) is 32.0.